The van der Waals surface area contributed by atoms with Gasteiger partial charge in [0.1, 0.15) is 12.3 Å². The fourth-order valence-corrected chi connectivity index (χ4v) is 2.19. The Morgan fingerprint density at radius 2 is 1.95 bits per heavy atom. The smallest absolute Gasteiger partial charge is 0.323 e. The van der Waals surface area contributed by atoms with Crippen LogP contribution in [0.4, 0.5) is 4.79 Å². The van der Waals surface area contributed by atoms with Crippen LogP contribution in [0.2, 0.25) is 0 Å². The van der Waals surface area contributed by atoms with Crippen molar-refractivity contribution in [2.24, 2.45) is 0 Å². The quantitative estimate of drug-likeness (QED) is 0.888. The van der Waals surface area contributed by atoms with Gasteiger partial charge in [-0.2, -0.15) is 0 Å². The summed E-state index contributed by atoms with van der Waals surface area (Å²) in [5, 5.41) is 15.6. The Balaban J connectivity index is 2.89. The van der Waals surface area contributed by atoms with Gasteiger partial charge in [0.2, 0.25) is 0 Å². The Morgan fingerprint density at radius 1 is 1.38 bits per heavy atom. The van der Waals surface area contributed by atoms with E-state index in [1.54, 1.807) is 34.6 Å². The number of aromatic nitrogens is 1. The van der Waals surface area contributed by atoms with Crippen LogP contribution in [-0.2, 0) is 4.79 Å². The first-order valence-electron chi connectivity index (χ1n) is 6.76. The number of amides is 2. The maximum Gasteiger partial charge on any atom is 0.323 e. The summed E-state index contributed by atoms with van der Waals surface area (Å²) in [6.45, 7) is 10.4. The fourth-order valence-electron chi connectivity index (χ4n) is 2.19. The van der Waals surface area contributed by atoms with E-state index in [0.717, 1.165) is 5.56 Å². The monoisotopic (exact) mass is 297 g/mol. The van der Waals surface area contributed by atoms with Gasteiger partial charge in [0.05, 0.1) is 11.7 Å². The number of carboxylic acid groups (broad SMARTS) is 1. The molecule has 2 amide bonds. The van der Waals surface area contributed by atoms with E-state index in [1.165, 1.54) is 4.90 Å². The van der Waals surface area contributed by atoms with Crippen LogP contribution in [0.15, 0.2) is 4.52 Å². The number of hydrogen-bond donors (Lipinski definition) is 2. The lowest BCUT2D eigenvalue weighted by Crippen LogP contribution is -2.52. The molecule has 1 aromatic heterocycles. The van der Waals surface area contributed by atoms with Gasteiger partial charge >= 0.3 is 12.0 Å². The highest BCUT2D eigenvalue weighted by molar-refractivity contribution is 5.81. The van der Waals surface area contributed by atoms with E-state index < -0.39 is 17.5 Å². The molecule has 7 heteroatoms. The normalized spacial score (nSPS) is 12.9. The van der Waals surface area contributed by atoms with Crippen LogP contribution in [0.3, 0.4) is 0 Å². The van der Waals surface area contributed by atoms with Crippen LogP contribution < -0.4 is 5.32 Å². The third-order valence-electron chi connectivity index (χ3n) is 3.21. The maximum atomic E-state index is 12.4. The SMILES string of the molecule is Cc1noc(C)c1C(C)NC(=O)N(CC(=O)O)C(C)(C)C. The summed E-state index contributed by atoms with van der Waals surface area (Å²) in [5.41, 5.74) is 0.925. The molecule has 7 nitrogen and oxygen atoms in total. The van der Waals surface area contributed by atoms with E-state index in [4.69, 9.17) is 9.63 Å². The third kappa shape index (κ3) is 4.21. The third-order valence-corrected chi connectivity index (χ3v) is 3.21. The summed E-state index contributed by atoms with van der Waals surface area (Å²) < 4.78 is 5.08. The van der Waals surface area contributed by atoms with Gasteiger partial charge in [0, 0.05) is 11.1 Å². The Kier molecular flexibility index (Phi) is 4.98. The molecule has 0 bridgehead atoms. The van der Waals surface area contributed by atoms with Crippen LogP contribution in [-0.4, -0.2) is 39.2 Å². The zero-order valence-electron chi connectivity index (χ0n) is 13.4. The molecule has 0 aromatic carbocycles. The highest BCUT2D eigenvalue weighted by atomic mass is 16.5. The molecule has 0 aliphatic carbocycles. The molecule has 0 saturated heterocycles. The first kappa shape index (κ1) is 17.0. The van der Waals surface area contributed by atoms with Crippen LogP contribution in [0.25, 0.3) is 0 Å². The maximum absolute atomic E-state index is 12.4. The number of carbonyl (C=O) groups excluding carboxylic acids is 1. The number of aliphatic carboxylic acids is 1. The molecule has 21 heavy (non-hydrogen) atoms. The molecule has 1 unspecified atom stereocenters. The zero-order chi connectivity index (χ0) is 16.4. The van der Waals surface area contributed by atoms with E-state index in [0.29, 0.717) is 11.5 Å². The van der Waals surface area contributed by atoms with Crippen molar-refractivity contribution in [2.75, 3.05) is 6.54 Å². The van der Waals surface area contributed by atoms with Crippen molar-refractivity contribution in [3.05, 3.63) is 17.0 Å². The van der Waals surface area contributed by atoms with Crippen molar-refractivity contribution in [2.45, 2.75) is 53.1 Å². The Hall–Kier alpha value is -2.05. The van der Waals surface area contributed by atoms with Gasteiger partial charge in [0.15, 0.2) is 0 Å². The Bertz CT molecular complexity index is 511. The summed E-state index contributed by atoms with van der Waals surface area (Å²) in [6.07, 6.45) is 0. The van der Waals surface area contributed by atoms with Gasteiger partial charge in [-0.25, -0.2) is 4.79 Å². The molecule has 0 radical (unpaired) electrons. The summed E-state index contributed by atoms with van der Waals surface area (Å²) in [7, 11) is 0. The number of urea groups is 1. The molecular formula is C14H23N3O4. The van der Waals surface area contributed by atoms with Gasteiger partial charge in [0.25, 0.3) is 0 Å². The minimum Gasteiger partial charge on any atom is -0.480 e. The Morgan fingerprint density at radius 3 is 2.33 bits per heavy atom. The average molecular weight is 297 g/mol. The fraction of sp³-hybridized carbons (Fsp3) is 0.643. The number of nitrogens with one attached hydrogen (secondary N) is 1. The molecule has 0 fully saturated rings. The van der Waals surface area contributed by atoms with E-state index >= 15 is 0 Å². The molecule has 0 spiro atoms. The Labute approximate surface area is 124 Å². The predicted molar refractivity (Wildman–Crippen MR) is 77.0 cm³/mol. The number of carbonyl (C=O) groups is 2. The average Bonchev–Trinajstić information content (AvgIpc) is 2.64. The minimum atomic E-state index is -1.05. The van der Waals surface area contributed by atoms with E-state index in [1.807, 2.05) is 6.92 Å². The zero-order valence-corrected chi connectivity index (χ0v) is 13.4. The van der Waals surface area contributed by atoms with Crippen molar-refractivity contribution in [3.63, 3.8) is 0 Å². The lowest BCUT2D eigenvalue weighted by molar-refractivity contribution is -0.138. The lowest BCUT2D eigenvalue weighted by atomic mass is 10.1. The summed E-state index contributed by atoms with van der Waals surface area (Å²) in [4.78, 5) is 24.6. The second-order valence-corrected chi connectivity index (χ2v) is 6.06. The molecule has 1 atom stereocenters. The molecule has 1 rings (SSSR count). The highest BCUT2D eigenvalue weighted by Gasteiger charge is 2.30. The van der Waals surface area contributed by atoms with Crippen molar-refractivity contribution < 1.29 is 19.2 Å². The van der Waals surface area contributed by atoms with Crippen molar-refractivity contribution in [1.82, 2.24) is 15.4 Å². The molecular weight excluding hydrogens is 274 g/mol. The van der Waals surface area contributed by atoms with Crippen molar-refractivity contribution in [1.29, 1.82) is 0 Å². The molecule has 1 aromatic rings. The topological polar surface area (TPSA) is 95.7 Å². The molecule has 0 aliphatic rings. The van der Waals surface area contributed by atoms with E-state index in [2.05, 4.69) is 10.5 Å². The molecule has 0 saturated carbocycles. The molecule has 1 heterocycles. The highest BCUT2D eigenvalue weighted by Crippen LogP contribution is 2.22. The van der Waals surface area contributed by atoms with E-state index in [-0.39, 0.29) is 12.6 Å². The number of aryl methyl sites for hydroxylation is 2. The number of rotatable bonds is 4. The van der Waals surface area contributed by atoms with Crippen LogP contribution in [0, 0.1) is 13.8 Å². The molecule has 0 aliphatic heterocycles. The molecule has 118 valence electrons. The predicted octanol–water partition coefficient (Wildman–Crippen LogP) is 2.25. The first-order chi connectivity index (χ1) is 9.54. The lowest BCUT2D eigenvalue weighted by Gasteiger charge is -2.35. The minimum absolute atomic E-state index is 0.317. The van der Waals surface area contributed by atoms with Gasteiger partial charge in [-0.15, -0.1) is 0 Å². The number of carboxylic acids is 1. The summed E-state index contributed by atoms with van der Waals surface area (Å²) >= 11 is 0. The molecule has 2 N–H and O–H groups in total. The second kappa shape index (κ2) is 6.15. The number of hydrogen-bond acceptors (Lipinski definition) is 4. The first-order valence-corrected chi connectivity index (χ1v) is 6.76. The summed E-state index contributed by atoms with van der Waals surface area (Å²) in [6, 6.07) is -0.750. The van der Waals surface area contributed by atoms with Crippen LogP contribution in [0.1, 0.15) is 50.8 Å². The summed E-state index contributed by atoms with van der Waals surface area (Å²) in [5.74, 6) is -0.411. The van der Waals surface area contributed by atoms with Crippen LogP contribution in [0.5, 0.6) is 0 Å². The van der Waals surface area contributed by atoms with Gasteiger partial charge in [-0.3, -0.25) is 4.79 Å². The van der Waals surface area contributed by atoms with Gasteiger partial charge in [-0.05, 0) is 41.5 Å². The van der Waals surface area contributed by atoms with Crippen LogP contribution >= 0.6 is 0 Å². The van der Waals surface area contributed by atoms with Gasteiger partial charge in [-0.1, -0.05) is 5.16 Å². The largest absolute Gasteiger partial charge is 0.480 e. The second-order valence-electron chi connectivity index (χ2n) is 6.06. The van der Waals surface area contributed by atoms with Crippen molar-refractivity contribution >= 4 is 12.0 Å². The van der Waals surface area contributed by atoms with Gasteiger partial charge < -0.3 is 19.8 Å². The standard InChI is InChI=1S/C14H23N3O4/c1-8(12-9(2)16-21-10(12)3)15-13(20)17(7-11(18)19)14(4,5)6/h8H,7H2,1-6H3,(H,15,20)(H,18,19). The number of nitrogens with zero attached hydrogens (tertiary/aromatic N) is 2. The van der Waals surface area contributed by atoms with E-state index in [9.17, 15) is 9.59 Å². The van der Waals surface area contributed by atoms with Crippen molar-refractivity contribution in [3.8, 4) is 0 Å².